The summed E-state index contributed by atoms with van der Waals surface area (Å²) in [6, 6.07) is 14.4. The van der Waals surface area contributed by atoms with Gasteiger partial charge in [-0.25, -0.2) is 4.39 Å². The van der Waals surface area contributed by atoms with Crippen LogP contribution in [-0.2, 0) is 9.59 Å². The quantitative estimate of drug-likeness (QED) is 0.503. The lowest BCUT2D eigenvalue weighted by Crippen LogP contribution is -2.50. The molecule has 0 heterocycles. The molecule has 0 saturated heterocycles. The zero-order valence-electron chi connectivity index (χ0n) is 22.0. The Morgan fingerprint density at radius 2 is 1.89 bits per heavy atom. The molecule has 7 heteroatoms. The van der Waals surface area contributed by atoms with Crippen LogP contribution in [0.4, 0.5) is 10.1 Å². The normalized spacial score (nSPS) is 20.2. The Balaban J connectivity index is 1.67. The average Bonchev–Trinajstić information content (AvgIpc) is 2.91. The summed E-state index contributed by atoms with van der Waals surface area (Å²) >= 11 is 0. The van der Waals surface area contributed by atoms with Crippen molar-refractivity contribution in [2.45, 2.75) is 64.1 Å². The zero-order chi connectivity index (χ0) is 27.1. The monoisotopic (exact) mass is 514 g/mol. The highest BCUT2D eigenvalue weighted by Gasteiger charge is 2.35. The summed E-state index contributed by atoms with van der Waals surface area (Å²) in [5, 5.41) is 15.6. The maximum absolute atomic E-state index is 14.4. The Morgan fingerprint density at radius 1 is 1.13 bits per heavy atom. The van der Waals surface area contributed by atoms with Gasteiger partial charge in [-0.05, 0) is 61.1 Å². The van der Waals surface area contributed by atoms with Gasteiger partial charge in [0.15, 0.2) is 0 Å². The molecule has 0 radical (unpaired) electrons. The second-order valence-electron chi connectivity index (χ2n) is 10.2. The Morgan fingerprint density at radius 3 is 2.58 bits per heavy atom. The Labute approximate surface area is 224 Å². The number of nitrogens with zero attached hydrogens (tertiary/aromatic N) is 2. The van der Waals surface area contributed by atoms with E-state index in [4.69, 9.17) is 0 Å². The first-order valence-electron chi connectivity index (χ1n) is 13.3. The van der Waals surface area contributed by atoms with Gasteiger partial charge in [0.05, 0.1) is 12.6 Å². The summed E-state index contributed by atoms with van der Waals surface area (Å²) in [5.74, 6) is -1.09. The van der Waals surface area contributed by atoms with E-state index in [-0.39, 0.29) is 36.4 Å². The van der Waals surface area contributed by atoms with Crippen molar-refractivity contribution in [1.29, 1.82) is 5.26 Å². The minimum atomic E-state index is -0.960. The highest BCUT2D eigenvalue weighted by molar-refractivity contribution is 6.02. The van der Waals surface area contributed by atoms with Gasteiger partial charge in [-0.1, -0.05) is 68.7 Å². The van der Waals surface area contributed by atoms with Crippen molar-refractivity contribution in [2.75, 3.05) is 11.4 Å². The molecule has 198 valence electrons. The standard InChI is InChI=1S/C31H35FN4O2/c1-21-9-6-7-14-27(21)30(31(38)35-25-11-4-3-5-12-25)36(26-13-8-10-24(32)18-26)29(37)20-34-28-16-15-23(19-33)17-22(28)2/h6-10,13-18,22,25,28,30,34H,3-5,11-12,20H2,1-2H3,(H,35,38). The molecule has 0 aliphatic heterocycles. The second-order valence-corrected chi connectivity index (χ2v) is 10.2. The molecule has 2 aromatic carbocycles. The van der Waals surface area contributed by atoms with Crippen molar-refractivity contribution < 1.29 is 14.0 Å². The van der Waals surface area contributed by atoms with Gasteiger partial charge in [-0.2, -0.15) is 5.26 Å². The number of aryl methyl sites for hydroxylation is 1. The number of benzene rings is 2. The van der Waals surface area contributed by atoms with Gasteiger partial charge in [-0.3, -0.25) is 14.5 Å². The first-order valence-corrected chi connectivity index (χ1v) is 13.3. The summed E-state index contributed by atoms with van der Waals surface area (Å²) in [7, 11) is 0. The smallest absolute Gasteiger partial charge is 0.248 e. The number of carbonyl (C=O) groups is 2. The highest BCUT2D eigenvalue weighted by atomic mass is 19.1. The van der Waals surface area contributed by atoms with Crippen molar-refractivity contribution >= 4 is 17.5 Å². The molecule has 38 heavy (non-hydrogen) atoms. The molecule has 2 aliphatic carbocycles. The van der Waals surface area contributed by atoms with Gasteiger partial charge in [0.25, 0.3) is 0 Å². The van der Waals surface area contributed by atoms with Crippen LogP contribution in [-0.4, -0.2) is 30.4 Å². The fourth-order valence-corrected chi connectivity index (χ4v) is 5.33. The number of nitrogens with one attached hydrogen (secondary N) is 2. The number of hydrogen-bond donors (Lipinski definition) is 2. The van der Waals surface area contributed by atoms with Crippen LogP contribution in [0.5, 0.6) is 0 Å². The summed E-state index contributed by atoms with van der Waals surface area (Å²) in [5.41, 5.74) is 2.48. The number of nitriles is 1. The SMILES string of the molecule is Cc1ccccc1C(C(=O)NC1CCCCC1)N(C(=O)CNC1C=CC(C#N)=CC1C)c1cccc(F)c1. The topological polar surface area (TPSA) is 85.2 Å². The molecule has 6 nitrogen and oxygen atoms in total. The molecule has 1 saturated carbocycles. The predicted octanol–water partition coefficient (Wildman–Crippen LogP) is 5.27. The van der Waals surface area contributed by atoms with E-state index >= 15 is 0 Å². The van der Waals surface area contributed by atoms with Crippen LogP contribution < -0.4 is 15.5 Å². The van der Waals surface area contributed by atoms with Crippen molar-refractivity contribution in [3.63, 3.8) is 0 Å². The van der Waals surface area contributed by atoms with Crippen LogP contribution >= 0.6 is 0 Å². The van der Waals surface area contributed by atoms with E-state index in [2.05, 4.69) is 16.7 Å². The predicted molar refractivity (Wildman–Crippen MR) is 147 cm³/mol. The second kappa shape index (κ2) is 12.7. The fraction of sp³-hybridized carbons (Fsp3) is 0.387. The first kappa shape index (κ1) is 27.3. The molecular weight excluding hydrogens is 479 g/mol. The van der Waals surface area contributed by atoms with E-state index in [9.17, 15) is 19.2 Å². The summed E-state index contributed by atoms with van der Waals surface area (Å²) in [6.07, 6.45) is 10.6. The van der Waals surface area contributed by atoms with Crippen LogP contribution in [0.15, 0.2) is 72.3 Å². The summed E-state index contributed by atoms with van der Waals surface area (Å²) in [4.78, 5) is 29.3. The third kappa shape index (κ3) is 6.56. The van der Waals surface area contributed by atoms with Crippen LogP contribution in [0.25, 0.3) is 0 Å². The highest BCUT2D eigenvalue weighted by Crippen LogP contribution is 2.31. The van der Waals surface area contributed by atoms with E-state index in [1.165, 1.54) is 17.0 Å². The molecule has 0 aromatic heterocycles. The van der Waals surface area contributed by atoms with E-state index in [0.29, 0.717) is 16.8 Å². The zero-order valence-corrected chi connectivity index (χ0v) is 22.0. The largest absolute Gasteiger partial charge is 0.351 e. The third-order valence-electron chi connectivity index (χ3n) is 7.41. The van der Waals surface area contributed by atoms with Gasteiger partial charge in [0.2, 0.25) is 11.8 Å². The fourth-order valence-electron chi connectivity index (χ4n) is 5.33. The van der Waals surface area contributed by atoms with Crippen molar-refractivity contribution in [1.82, 2.24) is 10.6 Å². The summed E-state index contributed by atoms with van der Waals surface area (Å²) in [6.45, 7) is 3.82. The van der Waals surface area contributed by atoms with Gasteiger partial charge >= 0.3 is 0 Å². The minimum Gasteiger partial charge on any atom is -0.351 e. The Kier molecular flexibility index (Phi) is 9.09. The number of halogens is 1. The maximum Gasteiger partial charge on any atom is 0.248 e. The number of anilines is 1. The van der Waals surface area contributed by atoms with Crippen molar-refractivity contribution in [2.24, 2.45) is 5.92 Å². The lowest BCUT2D eigenvalue weighted by Gasteiger charge is -2.34. The van der Waals surface area contributed by atoms with Gasteiger partial charge in [-0.15, -0.1) is 0 Å². The molecule has 3 unspecified atom stereocenters. The molecule has 0 bridgehead atoms. The lowest BCUT2D eigenvalue weighted by atomic mass is 9.93. The van der Waals surface area contributed by atoms with Crippen molar-refractivity contribution in [3.05, 3.63) is 89.3 Å². The lowest BCUT2D eigenvalue weighted by molar-refractivity contribution is -0.127. The molecule has 0 spiro atoms. The van der Waals surface area contributed by atoms with Crippen LogP contribution in [0.1, 0.15) is 56.2 Å². The van der Waals surface area contributed by atoms with Crippen LogP contribution in [0.2, 0.25) is 0 Å². The molecule has 2 aliphatic rings. The number of hydrogen-bond acceptors (Lipinski definition) is 4. The Bertz CT molecular complexity index is 1260. The molecule has 2 aromatic rings. The van der Waals surface area contributed by atoms with Gasteiger partial charge in [0, 0.05) is 23.3 Å². The van der Waals surface area contributed by atoms with Crippen LogP contribution in [0, 0.1) is 30.0 Å². The first-order chi connectivity index (χ1) is 18.4. The molecular formula is C31H35FN4O2. The molecule has 4 rings (SSSR count). The van der Waals surface area contributed by atoms with Gasteiger partial charge < -0.3 is 10.6 Å². The van der Waals surface area contributed by atoms with E-state index < -0.39 is 11.9 Å². The number of amides is 2. The number of rotatable bonds is 8. The maximum atomic E-state index is 14.4. The van der Waals surface area contributed by atoms with E-state index in [1.807, 2.05) is 50.3 Å². The minimum absolute atomic E-state index is 0.00633. The molecule has 3 atom stereocenters. The van der Waals surface area contributed by atoms with Crippen LogP contribution in [0.3, 0.4) is 0 Å². The Hall–Kier alpha value is -3.76. The average molecular weight is 515 g/mol. The van der Waals surface area contributed by atoms with Gasteiger partial charge in [0.1, 0.15) is 11.9 Å². The number of allylic oxidation sites excluding steroid dienone is 2. The van der Waals surface area contributed by atoms with Crippen molar-refractivity contribution in [3.8, 4) is 6.07 Å². The number of carbonyl (C=O) groups excluding carboxylic acids is 2. The summed E-state index contributed by atoms with van der Waals surface area (Å²) < 4.78 is 14.4. The molecule has 2 amide bonds. The van der Waals surface area contributed by atoms with E-state index in [0.717, 1.165) is 37.7 Å². The third-order valence-corrected chi connectivity index (χ3v) is 7.41. The van der Waals surface area contributed by atoms with E-state index in [1.54, 1.807) is 18.2 Å². The molecule has 2 N–H and O–H groups in total. The molecule has 1 fully saturated rings.